The quantitative estimate of drug-likeness (QED) is 0.161. The Balaban J connectivity index is 1.09. The number of benzene rings is 7. The first-order valence-corrected chi connectivity index (χ1v) is 21.2. The van der Waals surface area contributed by atoms with Crippen LogP contribution in [0.15, 0.2) is 182 Å². The fourth-order valence-corrected chi connectivity index (χ4v) is 8.94. The molecule has 0 saturated carbocycles. The van der Waals surface area contributed by atoms with Gasteiger partial charge in [0, 0.05) is 40.4 Å². The zero-order valence-corrected chi connectivity index (χ0v) is 35.7. The summed E-state index contributed by atoms with van der Waals surface area (Å²) in [6, 6.07) is 62.9. The van der Waals surface area contributed by atoms with Gasteiger partial charge in [-0.2, -0.15) is 0 Å². The van der Waals surface area contributed by atoms with Crippen molar-refractivity contribution < 1.29 is 4.74 Å². The van der Waals surface area contributed by atoms with E-state index >= 15 is 0 Å². The first-order chi connectivity index (χ1) is 29.5. The molecule has 10 rings (SSSR count). The van der Waals surface area contributed by atoms with Crippen LogP contribution in [0.5, 0.6) is 11.5 Å². The highest BCUT2D eigenvalue weighted by molar-refractivity contribution is 6.09. The van der Waals surface area contributed by atoms with Gasteiger partial charge in [-0.1, -0.05) is 145 Å². The summed E-state index contributed by atoms with van der Waals surface area (Å²) in [5.74, 6) is 2.42. The Bertz CT molecular complexity index is 3060. The first-order valence-electron chi connectivity index (χ1n) is 21.2. The van der Waals surface area contributed by atoms with Gasteiger partial charge in [-0.3, -0.25) is 4.57 Å². The third-order valence-electron chi connectivity index (χ3n) is 12.0. The van der Waals surface area contributed by atoms with Crippen molar-refractivity contribution in [1.82, 2.24) is 9.55 Å². The smallest absolute Gasteiger partial charge is 0.137 e. The van der Waals surface area contributed by atoms with Crippen molar-refractivity contribution in [3.05, 3.63) is 193 Å². The van der Waals surface area contributed by atoms with Crippen LogP contribution in [0.25, 0.3) is 49.9 Å². The molecule has 0 atom stereocenters. The van der Waals surface area contributed by atoms with E-state index in [9.17, 15) is 0 Å². The van der Waals surface area contributed by atoms with Crippen LogP contribution in [0.4, 0.5) is 22.7 Å². The molecule has 0 bridgehead atoms. The highest BCUT2D eigenvalue weighted by Gasteiger charge is 2.32. The van der Waals surface area contributed by atoms with Crippen molar-refractivity contribution in [1.29, 1.82) is 0 Å². The molecule has 61 heavy (non-hydrogen) atoms. The van der Waals surface area contributed by atoms with Crippen molar-refractivity contribution in [2.45, 2.75) is 52.4 Å². The largest absolute Gasteiger partial charge is 0.457 e. The van der Waals surface area contributed by atoms with Crippen LogP contribution in [-0.2, 0) is 10.8 Å². The van der Waals surface area contributed by atoms with E-state index in [0.717, 1.165) is 56.2 Å². The minimum absolute atomic E-state index is 0.0142. The molecule has 0 unspecified atom stereocenters. The molecule has 0 fully saturated rings. The van der Waals surface area contributed by atoms with Crippen LogP contribution in [-0.4, -0.2) is 16.2 Å². The topological polar surface area (TPSA) is 33.5 Å². The van der Waals surface area contributed by atoms with Gasteiger partial charge in [0.05, 0.1) is 28.1 Å². The number of ether oxygens (including phenoxy) is 1. The van der Waals surface area contributed by atoms with E-state index in [1.165, 1.54) is 39.0 Å². The predicted molar refractivity (Wildman–Crippen MR) is 255 cm³/mol. The van der Waals surface area contributed by atoms with E-state index in [1.54, 1.807) is 0 Å². The zero-order chi connectivity index (χ0) is 41.9. The van der Waals surface area contributed by atoms with Gasteiger partial charge in [-0.15, -0.1) is 0 Å². The number of para-hydroxylation sites is 3. The molecule has 7 aromatic carbocycles. The van der Waals surface area contributed by atoms with E-state index in [2.05, 4.69) is 232 Å². The summed E-state index contributed by atoms with van der Waals surface area (Å²) in [5, 5.41) is 2.34. The zero-order valence-electron chi connectivity index (χ0n) is 35.7. The molecule has 3 heterocycles. The Morgan fingerprint density at radius 3 is 1.87 bits per heavy atom. The summed E-state index contributed by atoms with van der Waals surface area (Å²) in [6.45, 7) is 14.3. The van der Waals surface area contributed by atoms with Crippen LogP contribution in [0, 0.1) is 0 Å². The average molecular weight is 795 g/mol. The van der Waals surface area contributed by atoms with Gasteiger partial charge in [-0.25, -0.2) is 4.98 Å². The molecule has 5 heteroatoms. The van der Waals surface area contributed by atoms with Gasteiger partial charge < -0.3 is 14.5 Å². The Hall–Kier alpha value is -7.11. The maximum atomic E-state index is 6.97. The van der Waals surface area contributed by atoms with Gasteiger partial charge >= 0.3 is 0 Å². The Morgan fingerprint density at radius 1 is 0.475 bits per heavy atom. The van der Waals surface area contributed by atoms with Crippen LogP contribution < -0.4 is 14.5 Å². The second-order valence-electron chi connectivity index (χ2n) is 18.2. The molecule has 0 spiro atoms. The maximum Gasteiger partial charge on any atom is 0.137 e. The summed E-state index contributed by atoms with van der Waals surface area (Å²) in [7, 11) is 0. The van der Waals surface area contributed by atoms with Crippen molar-refractivity contribution in [2.24, 2.45) is 0 Å². The second-order valence-corrected chi connectivity index (χ2v) is 18.2. The van der Waals surface area contributed by atoms with Gasteiger partial charge in [0.1, 0.15) is 24.0 Å². The molecule has 0 radical (unpaired) electrons. The van der Waals surface area contributed by atoms with E-state index in [4.69, 9.17) is 9.72 Å². The van der Waals surface area contributed by atoms with Crippen molar-refractivity contribution in [3.8, 4) is 39.6 Å². The van der Waals surface area contributed by atoms with Crippen LogP contribution in [0.1, 0.15) is 52.7 Å². The number of fused-ring (bicyclic) bond motifs is 4. The predicted octanol–water partition coefficient (Wildman–Crippen LogP) is 15.1. The highest BCUT2D eigenvalue weighted by Crippen LogP contribution is 2.50. The lowest BCUT2D eigenvalue weighted by Crippen LogP contribution is -2.25. The van der Waals surface area contributed by atoms with E-state index in [1.807, 2.05) is 6.20 Å². The summed E-state index contributed by atoms with van der Waals surface area (Å²) >= 11 is 0. The van der Waals surface area contributed by atoms with Gasteiger partial charge in [0.15, 0.2) is 0 Å². The van der Waals surface area contributed by atoms with Crippen molar-refractivity contribution in [3.63, 3.8) is 0 Å². The minimum Gasteiger partial charge on any atom is -0.457 e. The summed E-state index contributed by atoms with van der Waals surface area (Å²) < 4.78 is 9.24. The van der Waals surface area contributed by atoms with E-state index < -0.39 is 0 Å². The second kappa shape index (κ2) is 14.9. The fourth-order valence-electron chi connectivity index (χ4n) is 8.94. The molecule has 300 valence electrons. The number of rotatable bonds is 7. The normalized spacial score (nSPS) is 13.0. The molecule has 1 aliphatic heterocycles. The number of anilines is 4. The lowest BCUT2D eigenvalue weighted by molar-refractivity contribution is 0.483. The lowest BCUT2D eigenvalue weighted by Gasteiger charge is -2.30. The summed E-state index contributed by atoms with van der Waals surface area (Å²) in [5.41, 5.74) is 13.9. The molecule has 0 N–H and O–H groups in total. The Morgan fingerprint density at radius 2 is 1.13 bits per heavy atom. The Labute approximate surface area is 359 Å². The number of hydrogen-bond acceptors (Lipinski definition) is 4. The summed E-state index contributed by atoms with van der Waals surface area (Å²) in [6.07, 6.45) is 1.93. The summed E-state index contributed by atoms with van der Waals surface area (Å²) in [4.78, 5) is 9.80. The average Bonchev–Trinajstić information content (AvgIpc) is 3.82. The highest BCUT2D eigenvalue weighted by atomic mass is 16.5. The van der Waals surface area contributed by atoms with Crippen molar-refractivity contribution in [2.75, 3.05) is 16.5 Å². The first kappa shape index (κ1) is 38.1. The van der Waals surface area contributed by atoms with E-state index in [-0.39, 0.29) is 10.8 Å². The molecule has 2 aromatic heterocycles. The standard InChI is InChI=1S/C56H50N4O/c1-55(2,3)41-30-31-57-53(34-41)60-48-24-14-13-22-45(48)46-29-28-43(36-52(46)60)61-44-33-40(38-18-9-7-10-19-38)32-42(35-44)58-37-59(50-26-16-15-25-49(50)58)51-27-17-23-47(56(4,5)6)54(51)39-20-11-8-12-21-39/h7-36H,37H2,1-6H3. The lowest BCUT2D eigenvalue weighted by atomic mass is 9.81. The molecular weight excluding hydrogens is 745 g/mol. The van der Waals surface area contributed by atoms with Gasteiger partial charge in [0.25, 0.3) is 0 Å². The molecule has 9 aromatic rings. The number of pyridine rings is 1. The number of aromatic nitrogens is 2. The maximum absolute atomic E-state index is 6.97. The molecule has 1 aliphatic rings. The monoisotopic (exact) mass is 794 g/mol. The van der Waals surface area contributed by atoms with Crippen molar-refractivity contribution >= 4 is 44.6 Å². The number of nitrogens with zero attached hydrogens (tertiary/aromatic N) is 4. The third-order valence-corrected chi connectivity index (χ3v) is 12.0. The van der Waals surface area contributed by atoms with Crippen LogP contribution in [0.2, 0.25) is 0 Å². The Kier molecular flexibility index (Phi) is 9.29. The molecular formula is C56H50N4O. The van der Waals surface area contributed by atoms with Gasteiger partial charge in [0.2, 0.25) is 0 Å². The third kappa shape index (κ3) is 7.00. The minimum atomic E-state index is -0.0548. The SMILES string of the molecule is CC(C)(C)c1ccnc(-n2c3ccccc3c3ccc(Oc4cc(-c5ccccc5)cc(N5CN(c6cccc(C(C)(C)C)c6-c6ccccc6)c6ccccc65)c4)cc32)c1. The number of hydrogen-bond donors (Lipinski definition) is 0. The molecule has 0 aliphatic carbocycles. The van der Waals surface area contributed by atoms with Gasteiger partial charge in [-0.05, 0) is 99.3 Å². The van der Waals surface area contributed by atoms with Crippen LogP contribution >= 0.6 is 0 Å². The van der Waals surface area contributed by atoms with Crippen LogP contribution in [0.3, 0.4) is 0 Å². The fraction of sp³-hybridized carbons (Fsp3) is 0.161. The van der Waals surface area contributed by atoms with E-state index in [0.29, 0.717) is 6.67 Å². The molecule has 0 saturated heterocycles. The molecule has 5 nitrogen and oxygen atoms in total. The molecule has 0 amide bonds.